The highest BCUT2D eigenvalue weighted by Crippen LogP contribution is 2.17. The first kappa shape index (κ1) is 16.0. The van der Waals surface area contributed by atoms with Crippen molar-refractivity contribution in [2.24, 2.45) is 0 Å². The number of carbonyl (C=O) groups is 1. The molecule has 2 heterocycles. The number of tetrazole rings is 1. The first-order valence-electron chi connectivity index (χ1n) is 7.73. The average molecular weight is 327 g/mol. The van der Waals surface area contributed by atoms with Gasteiger partial charge in [-0.05, 0) is 56.3 Å². The van der Waals surface area contributed by atoms with Gasteiger partial charge in [0, 0.05) is 29.1 Å². The Hall–Kier alpha value is -2.83. The first-order valence-corrected chi connectivity index (χ1v) is 7.73. The van der Waals surface area contributed by atoms with Gasteiger partial charge >= 0.3 is 0 Å². The Morgan fingerprint density at radius 3 is 2.54 bits per heavy atom. The summed E-state index contributed by atoms with van der Waals surface area (Å²) in [4.78, 5) is 13.8. The minimum Gasteiger partial charge on any atom is -0.349 e. The number of nitrogens with zero attached hydrogens (tertiary/aromatic N) is 5. The molecule has 3 aromatic rings. The summed E-state index contributed by atoms with van der Waals surface area (Å²) in [5, 5.41) is 12.0. The Morgan fingerprint density at radius 2 is 1.92 bits per heavy atom. The van der Waals surface area contributed by atoms with Crippen molar-refractivity contribution < 1.29 is 9.18 Å². The van der Waals surface area contributed by atoms with Crippen molar-refractivity contribution in [3.63, 3.8) is 0 Å². The van der Waals surface area contributed by atoms with Crippen LogP contribution >= 0.6 is 0 Å². The maximum absolute atomic E-state index is 13.0. The summed E-state index contributed by atoms with van der Waals surface area (Å²) in [6, 6.07) is 7.71. The Morgan fingerprint density at radius 1 is 1.21 bits per heavy atom. The van der Waals surface area contributed by atoms with Crippen molar-refractivity contribution in [1.29, 1.82) is 0 Å². The van der Waals surface area contributed by atoms with E-state index in [9.17, 15) is 9.18 Å². The van der Waals surface area contributed by atoms with E-state index < -0.39 is 0 Å². The van der Waals surface area contributed by atoms with Crippen molar-refractivity contribution in [3.8, 4) is 11.4 Å². The number of carbonyl (C=O) groups excluding carboxylic acids is 1. The molecule has 0 radical (unpaired) electrons. The molecule has 0 N–H and O–H groups in total. The third-order valence-electron chi connectivity index (χ3n) is 4.03. The fourth-order valence-electron chi connectivity index (χ4n) is 2.81. The lowest BCUT2D eigenvalue weighted by atomic mass is 10.1. The second kappa shape index (κ2) is 6.35. The van der Waals surface area contributed by atoms with Crippen LogP contribution < -0.4 is 0 Å². The minimum atomic E-state index is -0.326. The zero-order chi connectivity index (χ0) is 17.3. The number of Topliss-reactive ketones (excluding diaryl/α,β-unsaturated/α-hetero) is 1. The predicted octanol–water partition coefficient (Wildman–Crippen LogP) is 2.80. The van der Waals surface area contributed by atoms with Crippen molar-refractivity contribution in [3.05, 3.63) is 53.1 Å². The largest absolute Gasteiger partial charge is 0.349 e. The lowest BCUT2D eigenvalue weighted by Crippen LogP contribution is -2.14. The molecule has 0 fully saturated rings. The number of aryl methyl sites for hydroxylation is 1. The van der Waals surface area contributed by atoms with E-state index in [0.29, 0.717) is 17.0 Å². The van der Waals surface area contributed by atoms with E-state index >= 15 is 0 Å². The quantitative estimate of drug-likeness (QED) is 0.676. The molecule has 0 atom stereocenters. The molecule has 7 heteroatoms. The molecule has 3 rings (SSSR count). The molecule has 0 bridgehead atoms. The Bertz CT molecular complexity index is 879. The highest BCUT2D eigenvalue weighted by atomic mass is 19.1. The molecule has 0 spiro atoms. The van der Waals surface area contributed by atoms with E-state index in [0.717, 1.165) is 17.9 Å². The lowest BCUT2D eigenvalue weighted by Gasteiger charge is -2.05. The lowest BCUT2D eigenvalue weighted by molar-refractivity contribution is 0.0960. The van der Waals surface area contributed by atoms with Crippen LogP contribution in [0.15, 0.2) is 30.3 Å². The van der Waals surface area contributed by atoms with Gasteiger partial charge in [0.1, 0.15) is 12.4 Å². The van der Waals surface area contributed by atoms with Crippen LogP contribution in [0.25, 0.3) is 11.4 Å². The van der Waals surface area contributed by atoms with Gasteiger partial charge in [0.15, 0.2) is 5.78 Å². The van der Waals surface area contributed by atoms with E-state index in [4.69, 9.17) is 0 Å². The molecule has 0 unspecified atom stereocenters. The third-order valence-corrected chi connectivity index (χ3v) is 4.03. The number of benzene rings is 1. The number of hydrogen-bond acceptors (Lipinski definition) is 4. The summed E-state index contributed by atoms with van der Waals surface area (Å²) in [7, 11) is 0. The van der Waals surface area contributed by atoms with E-state index in [1.807, 2.05) is 26.8 Å². The van der Waals surface area contributed by atoms with Crippen molar-refractivity contribution in [1.82, 2.24) is 24.8 Å². The van der Waals surface area contributed by atoms with Crippen molar-refractivity contribution in [2.45, 2.75) is 33.9 Å². The number of halogens is 1. The Labute approximate surface area is 138 Å². The van der Waals surface area contributed by atoms with Crippen molar-refractivity contribution >= 4 is 5.78 Å². The van der Waals surface area contributed by atoms with E-state index in [1.54, 1.807) is 12.1 Å². The smallest absolute Gasteiger partial charge is 0.204 e. The average Bonchev–Trinajstić information content (AvgIpc) is 3.12. The third kappa shape index (κ3) is 2.97. The summed E-state index contributed by atoms with van der Waals surface area (Å²) >= 11 is 0. The molecule has 124 valence electrons. The van der Waals surface area contributed by atoms with Gasteiger partial charge in [0.25, 0.3) is 0 Å². The van der Waals surface area contributed by atoms with Crippen molar-refractivity contribution in [2.75, 3.05) is 0 Å². The molecule has 1 aromatic carbocycles. The number of aromatic nitrogens is 5. The van der Waals surface area contributed by atoms with Crippen LogP contribution in [0.1, 0.15) is 28.7 Å². The summed E-state index contributed by atoms with van der Waals surface area (Å²) in [5.74, 6) is -0.0275. The molecule has 0 amide bonds. The molecule has 6 nitrogen and oxygen atoms in total. The van der Waals surface area contributed by atoms with Crippen LogP contribution in [0.2, 0.25) is 0 Å². The summed E-state index contributed by atoms with van der Waals surface area (Å²) in [6.45, 7) is 6.79. The van der Waals surface area contributed by atoms with Gasteiger partial charge in [-0.3, -0.25) is 4.79 Å². The monoisotopic (exact) mass is 327 g/mol. The van der Waals surface area contributed by atoms with E-state index in [-0.39, 0.29) is 18.1 Å². The molecule has 0 saturated carbocycles. The second-order valence-corrected chi connectivity index (χ2v) is 5.60. The van der Waals surface area contributed by atoms with Gasteiger partial charge in [-0.2, -0.15) is 4.80 Å². The van der Waals surface area contributed by atoms with Gasteiger partial charge in [-0.1, -0.05) is 0 Å². The number of hydrogen-bond donors (Lipinski definition) is 0. The van der Waals surface area contributed by atoms with Crippen LogP contribution in [0.4, 0.5) is 4.39 Å². The van der Waals surface area contributed by atoms with Crippen LogP contribution in [0, 0.1) is 19.7 Å². The number of ketones is 1. The van der Waals surface area contributed by atoms with Crippen LogP contribution in [-0.2, 0) is 13.1 Å². The number of rotatable bonds is 5. The Kier molecular flexibility index (Phi) is 4.24. The van der Waals surface area contributed by atoms with Crippen LogP contribution in [0.5, 0.6) is 0 Å². The summed E-state index contributed by atoms with van der Waals surface area (Å²) in [5.41, 5.74) is 3.32. The van der Waals surface area contributed by atoms with Gasteiger partial charge in [0.2, 0.25) is 5.82 Å². The van der Waals surface area contributed by atoms with Gasteiger partial charge in [-0.15, -0.1) is 10.2 Å². The topological polar surface area (TPSA) is 65.6 Å². The zero-order valence-electron chi connectivity index (χ0n) is 13.8. The molecule has 2 aromatic heterocycles. The predicted molar refractivity (Wildman–Crippen MR) is 87.1 cm³/mol. The fourth-order valence-corrected chi connectivity index (χ4v) is 2.81. The van der Waals surface area contributed by atoms with Gasteiger partial charge in [-0.25, -0.2) is 4.39 Å². The summed E-state index contributed by atoms with van der Waals surface area (Å²) < 4.78 is 15.0. The molecule has 0 aliphatic carbocycles. The highest BCUT2D eigenvalue weighted by molar-refractivity contribution is 5.97. The van der Waals surface area contributed by atoms with Gasteiger partial charge in [0.05, 0.1) is 0 Å². The maximum Gasteiger partial charge on any atom is 0.204 e. The normalized spacial score (nSPS) is 11.0. The summed E-state index contributed by atoms with van der Waals surface area (Å²) in [6.07, 6.45) is 0. The molecule has 0 aliphatic rings. The molecule has 24 heavy (non-hydrogen) atoms. The first-order chi connectivity index (χ1) is 11.5. The Balaban J connectivity index is 1.79. The highest BCUT2D eigenvalue weighted by Gasteiger charge is 2.17. The van der Waals surface area contributed by atoms with E-state index in [1.165, 1.54) is 16.9 Å². The fraction of sp³-hybridized carbons (Fsp3) is 0.294. The molecule has 0 saturated heterocycles. The second-order valence-electron chi connectivity index (χ2n) is 5.60. The van der Waals surface area contributed by atoms with Gasteiger partial charge < -0.3 is 4.57 Å². The zero-order valence-corrected chi connectivity index (χ0v) is 13.8. The SMILES string of the molecule is CCn1c(C)cc(C(=O)Cn2nnc(-c3ccc(F)cc3)n2)c1C. The van der Waals surface area contributed by atoms with E-state index in [2.05, 4.69) is 20.0 Å². The standard InChI is InChI=1S/C17H18FN5O/c1-4-22-11(2)9-15(12(22)3)16(24)10-23-20-17(19-21-23)13-5-7-14(18)8-6-13/h5-9H,4,10H2,1-3H3. The van der Waals surface area contributed by atoms with Crippen LogP contribution in [-0.4, -0.2) is 30.6 Å². The van der Waals surface area contributed by atoms with Crippen LogP contribution in [0.3, 0.4) is 0 Å². The minimum absolute atomic E-state index is 0.0161. The maximum atomic E-state index is 13.0. The molecule has 0 aliphatic heterocycles. The molecular weight excluding hydrogens is 309 g/mol. The molecular formula is C17H18FN5O.